The van der Waals surface area contributed by atoms with Gasteiger partial charge in [-0.15, -0.1) is 0 Å². The summed E-state index contributed by atoms with van der Waals surface area (Å²) in [4.78, 5) is 0. The second-order valence-electron chi connectivity index (χ2n) is 2.95. The van der Waals surface area contributed by atoms with Crippen LogP contribution in [0, 0.1) is 0 Å². The van der Waals surface area contributed by atoms with Gasteiger partial charge in [-0.05, 0) is 13.8 Å². The molecule has 1 N–H and O–H groups in total. The molecule has 4 heteroatoms. The van der Waals surface area contributed by atoms with Crippen LogP contribution in [0.4, 0.5) is 0 Å². The van der Waals surface area contributed by atoms with Crippen LogP contribution in [0.15, 0.2) is 0 Å². The van der Waals surface area contributed by atoms with Crippen molar-refractivity contribution in [2.24, 2.45) is 0 Å². The number of ether oxygens (including phenoxy) is 3. The highest BCUT2D eigenvalue weighted by molar-refractivity contribution is 4.74. The summed E-state index contributed by atoms with van der Waals surface area (Å²) in [5.74, 6) is 0. The van der Waals surface area contributed by atoms with E-state index in [-0.39, 0.29) is 6.29 Å². The number of hydrogen-bond acceptors (Lipinski definition) is 4. The van der Waals surface area contributed by atoms with Gasteiger partial charge in [0.15, 0.2) is 6.29 Å². The quantitative estimate of drug-likeness (QED) is 0.587. The first-order valence-corrected chi connectivity index (χ1v) is 4.92. The predicted octanol–water partition coefficient (Wildman–Crippen LogP) is 0.374. The Kier molecular flexibility index (Phi) is 5.31. The number of rotatable bonds is 7. The average molecular weight is 189 g/mol. The molecule has 13 heavy (non-hydrogen) atoms. The van der Waals surface area contributed by atoms with Gasteiger partial charge in [0.1, 0.15) is 0 Å². The number of hydrogen-bond donors (Lipinski definition) is 1. The normalized spacial score (nSPS) is 17.8. The largest absolute Gasteiger partial charge is 0.370 e. The molecule has 1 aliphatic rings. The molecule has 0 aliphatic carbocycles. The molecule has 1 rings (SSSR count). The van der Waals surface area contributed by atoms with Crippen molar-refractivity contribution >= 4 is 0 Å². The monoisotopic (exact) mass is 189 g/mol. The summed E-state index contributed by atoms with van der Waals surface area (Å²) < 4.78 is 16.2. The Morgan fingerprint density at radius 3 is 2.23 bits per heavy atom. The lowest BCUT2D eigenvalue weighted by Gasteiger charge is -2.28. The maximum absolute atomic E-state index is 5.53. The SMILES string of the molecule is CCOC(COC1CNC1)OCC. The first kappa shape index (κ1) is 10.9. The van der Waals surface area contributed by atoms with Gasteiger partial charge in [-0.25, -0.2) is 0 Å². The van der Waals surface area contributed by atoms with Crippen LogP contribution < -0.4 is 5.32 Å². The molecule has 0 spiro atoms. The smallest absolute Gasteiger partial charge is 0.180 e. The molecular formula is C9H19NO3. The molecule has 0 unspecified atom stereocenters. The van der Waals surface area contributed by atoms with E-state index < -0.39 is 0 Å². The highest BCUT2D eigenvalue weighted by Gasteiger charge is 2.19. The predicted molar refractivity (Wildman–Crippen MR) is 49.6 cm³/mol. The van der Waals surface area contributed by atoms with Crippen molar-refractivity contribution in [2.75, 3.05) is 32.9 Å². The van der Waals surface area contributed by atoms with E-state index >= 15 is 0 Å². The molecule has 0 radical (unpaired) electrons. The fourth-order valence-corrected chi connectivity index (χ4v) is 1.11. The van der Waals surface area contributed by atoms with Crippen molar-refractivity contribution in [3.05, 3.63) is 0 Å². The fraction of sp³-hybridized carbons (Fsp3) is 1.00. The van der Waals surface area contributed by atoms with Crippen LogP contribution in [0.25, 0.3) is 0 Å². The first-order valence-electron chi connectivity index (χ1n) is 4.92. The van der Waals surface area contributed by atoms with Crippen LogP contribution >= 0.6 is 0 Å². The van der Waals surface area contributed by atoms with Gasteiger partial charge < -0.3 is 19.5 Å². The molecule has 1 saturated heterocycles. The Hall–Kier alpha value is -0.160. The van der Waals surface area contributed by atoms with E-state index in [2.05, 4.69) is 5.32 Å². The Labute approximate surface area is 79.5 Å². The number of nitrogens with one attached hydrogen (secondary N) is 1. The molecule has 0 bridgehead atoms. The molecule has 4 nitrogen and oxygen atoms in total. The van der Waals surface area contributed by atoms with Crippen LogP contribution in [-0.4, -0.2) is 45.3 Å². The van der Waals surface area contributed by atoms with Crippen LogP contribution in [-0.2, 0) is 14.2 Å². The zero-order valence-electron chi connectivity index (χ0n) is 8.41. The summed E-state index contributed by atoms with van der Waals surface area (Å²) in [6, 6.07) is 0. The Balaban J connectivity index is 2.05. The standard InChI is InChI=1S/C9H19NO3/c1-3-11-9(12-4-2)7-13-8-5-10-6-8/h8-10H,3-7H2,1-2H3. The molecule has 1 heterocycles. The molecule has 78 valence electrons. The minimum absolute atomic E-state index is 0.199. The second kappa shape index (κ2) is 6.32. The maximum Gasteiger partial charge on any atom is 0.180 e. The summed E-state index contributed by atoms with van der Waals surface area (Å²) in [5.41, 5.74) is 0. The molecule has 0 saturated carbocycles. The van der Waals surface area contributed by atoms with Crippen molar-refractivity contribution in [3.63, 3.8) is 0 Å². The third-order valence-corrected chi connectivity index (χ3v) is 1.92. The van der Waals surface area contributed by atoms with Gasteiger partial charge in [0.05, 0.1) is 12.7 Å². The van der Waals surface area contributed by atoms with E-state index in [1.165, 1.54) is 0 Å². The highest BCUT2D eigenvalue weighted by Crippen LogP contribution is 2.02. The van der Waals surface area contributed by atoms with Gasteiger partial charge in [-0.1, -0.05) is 0 Å². The Bertz CT molecular complexity index is 122. The summed E-state index contributed by atoms with van der Waals surface area (Å²) in [6.07, 6.45) is 0.152. The zero-order valence-corrected chi connectivity index (χ0v) is 8.41. The lowest BCUT2D eigenvalue weighted by Crippen LogP contribution is -2.49. The molecule has 0 aromatic rings. The Morgan fingerprint density at radius 1 is 1.23 bits per heavy atom. The van der Waals surface area contributed by atoms with E-state index in [9.17, 15) is 0 Å². The van der Waals surface area contributed by atoms with Crippen LogP contribution in [0.3, 0.4) is 0 Å². The van der Waals surface area contributed by atoms with E-state index in [0.717, 1.165) is 13.1 Å². The molecule has 0 aromatic heterocycles. The van der Waals surface area contributed by atoms with Gasteiger partial charge >= 0.3 is 0 Å². The lowest BCUT2D eigenvalue weighted by atomic mass is 10.2. The van der Waals surface area contributed by atoms with Gasteiger partial charge in [0.2, 0.25) is 0 Å². The molecule has 0 amide bonds. The van der Waals surface area contributed by atoms with E-state index in [1.54, 1.807) is 0 Å². The third kappa shape index (κ3) is 4.04. The molecule has 0 aromatic carbocycles. The van der Waals surface area contributed by atoms with Gasteiger partial charge in [0, 0.05) is 26.3 Å². The topological polar surface area (TPSA) is 39.7 Å². The van der Waals surface area contributed by atoms with Gasteiger partial charge in [0.25, 0.3) is 0 Å². The summed E-state index contributed by atoms with van der Waals surface area (Å²) in [6.45, 7) is 7.67. The van der Waals surface area contributed by atoms with Crippen molar-refractivity contribution < 1.29 is 14.2 Å². The van der Waals surface area contributed by atoms with Gasteiger partial charge in [-0.2, -0.15) is 0 Å². The minimum atomic E-state index is -0.199. The molecule has 0 atom stereocenters. The van der Waals surface area contributed by atoms with Crippen molar-refractivity contribution in [3.8, 4) is 0 Å². The molecular weight excluding hydrogens is 170 g/mol. The van der Waals surface area contributed by atoms with E-state index in [1.807, 2.05) is 13.8 Å². The Morgan fingerprint density at radius 2 is 1.85 bits per heavy atom. The van der Waals surface area contributed by atoms with Crippen LogP contribution in [0.5, 0.6) is 0 Å². The van der Waals surface area contributed by atoms with Crippen molar-refractivity contribution in [1.29, 1.82) is 0 Å². The second-order valence-corrected chi connectivity index (χ2v) is 2.95. The molecule has 1 aliphatic heterocycles. The van der Waals surface area contributed by atoms with E-state index in [4.69, 9.17) is 14.2 Å². The summed E-state index contributed by atoms with van der Waals surface area (Å²) in [7, 11) is 0. The van der Waals surface area contributed by atoms with Crippen molar-refractivity contribution in [2.45, 2.75) is 26.2 Å². The van der Waals surface area contributed by atoms with Crippen LogP contribution in [0.1, 0.15) is 13.8 Å². The lowest BCUT2D eigenvalue weighted by molar-refractivity contribution is -0.179. The summed E-state index contributed by atoms with van der Waals surface area (Å²) >= 11 is 0. The highest BCUT2D eigenvalue weighted by atomic mass is 16.7. The zero-order chi connectivity index (χ0) is 9.52. The third-order valence-electron chi connectivity index (χ3n) is 1.92. The van der Waals surface area contributed by atoms with E-state index in [0.29, 0.717) is 25.9 Å². The maximum atomic E-state index is 5.53. The minimum Gasteiger partial charge on any atom is -0.370 e. The summed E-state index contributed by atoms with van der Waals surface area (Å²) in [5, 5.41) is 3.14. The first-order chi connectivity index (χ1) is 6.36. The van der Waals surface area contributed by atoms with Crippen molar-refractivity contribution in [1.82, 2.24) is 5.32 Å². The molecule has 1 fully saturated rings. The van der Waals surface area contributed by atoms with Crippen LogP contribution in [0.2, 0.25) is 0 Å². The van der Waals surface area contributed by atoms with Gasteiger partial charge in [-0.3, -0.25) is 0 Å². The average Bonchev–Trinajstić information content (AvgIpc) is 2.02. The fourth-order valence-electron chi connectivity index (χ4n) is 1.11.